The fraction of sp³-hybridized carbons (Fsp3) is 0.917. The van der Waals surface area contributed by atoms with Crippen LogP contribution in [0, 0.1) is 23.7 Å². The number of carboxylic acids is 1. The van der Waals surface area contributed by atoms with E-state index in [1.807, 2.05) is 0 Å². The van der Waals surface area contributed by atoms with Crippen molar-refractivity contribution in [1.29, 1.82) is 0 Å². The van der Waals surface area contributed by atoms with Crippen molar-refractivity contribution in [3.8, 4) is 0 Å². The first-order valence-electron chi connectivity index (χ1n) is 32.4. The molecule has 10 unspecified atom stereocenters. The number of aliphatic hydroxyl groups excluding tert-OH is 15. The number of likely N-dealkylation sites (N-methyl/N-ethyl adjacent to an activating group) is 1. The molecular weight excluding hydrogens is 1260 g/mol. The Hall–Kier alpha value is -3.29. The molecule has 0 aromatic heterocycles. The van der Waals surface area contributed by atoms with Crippen LogP contribution in [0.15, 0.2) is 0 Å². The van der Waals surface area contributed by atoms with Gasteiger partial charge in [-0.3, -0.25) is 19.2 Å². The van der Waals surface area contributed by atoms with E-state index in [1.165, 1.54) is 6.92 Å². The number of hydrogen-bond acceptors (Lipinski definition) is 31. The molecule has 0 aromatic carbocycles. The van der Waals surface area contributed by atoms with Crippen molar-refractivity contribution in [2.75, 3.05) is 59.9 Å². The predicted octanol–water partition coefficient (Wildman–Crippen LogP) is -6.60. The van der Waals surface area contributed by atoms with Crippen LogP contribution in [0.2, 0.25) is 0 Å². The number of aliphatic hydroxyl groups is 15. The van der Waals surface area contributed by atoms with E-state index in [4.69, 9.17) is 47.4 Å². The summed E-state index contributed by atoms with van der Waals surface area (Å²) in [5, 5.41) is 175. The van der Waals surface area contributed by atoms with Crippen LogP contribution in [0.1, 0.15) is 112 Å². The molecule has 5 saturated heterocycles. The van der Waals surface area contributed by atoms with Crippen LogP contribution < -0.4 is 16.0 Å². The molecule has 5 heterocycles. The van der Waals surface area contributed by atoms with E-state index >= 15 is 0 Å². The molecule has 0 radical (unpaired) electrons. The number of rotatable bonds is 39. The highest BCUT2D eigenvalue weighted by atomic mass is 16.8. The van der Waals surface area contributed by atoms with Gasteiger partial charge >= 0.3 is 5.97 Å². The summed E-state index contributed by atoms with van der Waals surface area (Å²) in [5.74, 6) is -9.64. The average molecular weight is 1360 g/mol. The zero-order valence-corrected chi connectivity index (χ0v) is 54.1. The maximum absolute atomic E-state index is 14.4. The van der Waals surface area contributed by atoms with Crippen LogP contribution in [0.3, 0.4) is 0 Å². The molecule has 94 heavy (non-hydrogen) atoms. The van der Waals surface area contributed by atoms with E-state index in [0.717, 1.165) is 6.92 Å². The Bertz CT molecular complexity index is 2300. The third kappa shape index (κ3) is 21.4. The van der Waals surface area contributed by atoms with Crippen molar-refractivity contribution in [3.63, 3.8) is 0 Å². The second kappa shape index (κ2) is 38.9. The molecular formula is C60H105N3O31. The van der Waals surface area contributed by atoms with Gasteiger partial charge in [0.2, 0.25) is 11.8 Å². The number of aliphatic carboxylic acids is 1. The van der Waals surface area contributed by atoms with Crippen LogP contribution in [-0.2, 0) is 71.3 Å². The van der Waals surface area contributed by atoms with Gasteiger partial charge in [-0.25, -0.2) is 4.79 Å². The van der Waals surface area contributed by atoms with Crippen molar-refractivity contribution >= 4 is 29.4 Å². The maximum Gasteiger partial charge on any atom is 0.364 e. The maximum atomic E-state index is 14.4. The Morgan fingerprint density at radius 3 is 1.60 bits per heavy atom. The Kier molecular flexibility index (Phi) is 33.7. The van der Waals surface area contributed by atoms with Gasteiger partial charge in [0.1, 0.15) is 85.4 Å². The molecule has 5 aliphatic rings. The number of Topliss-reactive ketones (excluding diaryl/α,β-unsaturated/α-hetero) is 2. The second-order valence-electron chi connectivity index (χ2n) is 25.2. The normalized spacial score (nSPS) is 38.0. The summed E-state index contributed by atoms with van der Waals surface area (Å²) in [6.07, 6.45) is -30.1. The molecule has 0 saturated carbocycles. The minimum absolute atomic E-state index is 0.00332. The van der Waals surface area contributed by atoms with Crippen molar-refractivity contribution < 1.29 is 153 Å². The SMILES string of the molecule is CCC(=O)[C@H](CCCCO[C@H]1OC(CO)[C@H](O)[C@H](O)C1C)NC(=O)[C@H](CCCCO[C@H]1OC(CO)[C@H](O)[C@H](O[C@@H]2OC(CO)[C@H](O)[C@H](O)C2O)C1NC(C)=O)CC(=O)[C@H](CCCCO[C@H]1OC(COC2(C(=O)O)CC(O)[C@@H](C)[C@H]([C@H](O)[C@H](O)CO)O2)[C@H](O)[C@H](O)C1C)NC. The lowest BCUT2D eigenvalue weighted by Crippen LogP contribution is -2.68. The fourth-order valence-corrected chi connectivity index (χ4v) is 12.2. The van der Waals surface area contributed by atoms with E-state index in [-0.39, 0.29) is 76.3 Å². The van der Waals surface area contributed by atoms with Crippen molar-refractivity contribution in [2.24, 2.45) is 23.7 Å². The summed E-state index contributed by atoms with van der Waals surface area (Å²) in [5.41, 5.74) is 0. The summed E-state index contributed by atoms with van der Waals surface area (Å²) in [6.45, 7) is 3.58. The third-order valence-corrected chi connectivity index (χ3v) is 18.4. The number of ether oxygens (including phenoxy) is 10. The highest BCUT2D eigenvalue weighted by molar-refractivity contribution is 5.93. The smallest absolute Gasteiger partial charge is 0.364 e. The standard InChI is InChI=1S/C60H105N3O31/c1-7-34(69)33(16-10-13-18-85-55-28(3)43(73)46(76)38(23-65)89-55)63-54(82)31(14-8-11-19-87-57-42(62-30(5)68)53(49(79)40(25-67)90-57)93-58-51(81)50(80)47(77)39(24-66)91-58)20-35(70)32(61-6)15-9-12-17-86-56-29(4)44(74)48(78)41(92-56)26-88-60(59(83)84)21-36(71)27(2)52(94-60)45(75)37(72)22-64/h27-29,31-33,36-53,55-58,61,64-67,71-81H,7-26H2,1-6H3,(H,62,68)(H,63,82)(H,83,84)/t27-,28?,29?,31-,32+,33+,36?,37-,38?,39?,40?,41?,42?,43-,44-,45-,46+,47+,48+,49+,50+,51?,52-,53-,55+,56+,57+,58+,60?/m1/s1. The molecule has 19 N–H and O–H groups in total. The molecule has 29 atom stereocenters. The summed E-state index contributed by atoms with van der Waals surface area (Å²) >= 11 is 0. The zero-order chi connectivity index (χ0) is 69.9. The molecule has 546 valence electrons. The molecule has 5 aliphatic heterocycles. The summed E-state index contributed by atoms with van der Waals surface area (Å²) in [7, 11) is 1.56. The van der Waals surface area contributed by atoms with Gasteiger partial charge in [0.05, 0.1) is 69.5 Å². The lowest BCUT2D eigenvalue weighted by molar-refractivity contribution is -0.344. The molecule has 0 bridgehead atoms. The van der Waals surface area contributed by atoms with Gasteiger partial charge in [-0.2, -0.15) is 0 Å². The summed E-state index contributed by atoms with van der Waals surface area (Å²) in [4.78, 5) is 67.3. The summed E-state index contributed by atoms with van der Waals surface area (Å²) < 4.78 is 58.1. The van der Waals surface area contributed by atoms with Crippen LogP contribution in [0.4, 0.5) is 0 Å². The average Bonchev–Trinajstić information content (AvgIpc) is 0.786. The van der Waals surface area contributed by atoms with Gasteiger partial charge in [-0.15, -0.1) is 0 Å². The topological polar surface area (TPSA) is 537 Å². The van der Waals surface area contributed by atoms with Gasteiger partial charge in [0.15, 0.2) is 36.7 Å². The van der Waals surface area contributed by atoms with Crippen LogP contribution in [-0.4, -0.2) is 324 Å². The Morgan fingerprint density at radius 2 is 1.07 bits per heavy atom. The molecule has 0 spiro atoms. The van der Waals surface area contributed by atoms with E-state index < -0.39 is 234 Å². The lowest BCUT2D eigenvalue weighted by Gasteiger charge is -2.47. The molecule has 5 fully saturated rings. The van der Waals surface area contributed by atoms with Crippen LogP contribution >= 0.6 is 0 Å². The third-order valence-electron chi connectivity index (χ3n) is 18.4. The van der Waals surface area contributed by atoms with E-state index in [0.29, 0.717) is 25.7 Å². The number of carbonyl (C=O) groups excluding carboxylic acids is 4. The van der Waals surface area contributed by atoms with Crippen LogP contribution in [0.25, 0.3) is 0 Å². The van der Waals surface area contributed by atoms with Gasteiger partial charge < -0.3 is 145 Å². The van der Waals surface area contributed by atoms with E-state index in [9.17, 15) is 106 Å². The number of nitrogens with one attached hydrogen (secondary N) is 3. The van der Waals surface area contributed by atoms with Crippen LogP contribution in [0.5, 0.6) is 0 Å². The number of ketones is 2. The number of unbranched alkanes of at least 4 members (excludes halogenated alkanes) is 3. The first-order valence-corrected chi connectivity index (χ1v) is 32.4. The Balaban J connectivity index is 1.23. The first kappa shape index (κ1) is 81.4. The zero-order valence-electron chi connectivity index (χ0n) is 54.1. The van der Waals surface area contributed by atoms with Crippen molar-refractivity contribution in [2.45, 2.75) is 265 Å². The number of carboxylic acid groups (broad SMARTS) is 1. The van der Waals surface area contributed by atoms with Crippen molar-refractivity contribution in [1.82, 2.24) is 16.0 Å². The number of amides is 2. The lowest BCUT2D eigenvalue weighted by atomic mass is 9.84. The van der Waals surface area contributed by atoms with Crippen molar-refractivity contribution in [3.05, 3.63) is 0 Å². The molecule has 0 aliphatic carbocycles. The highest BCUT2D eigenvalue weighted by Crippen LogP contribution is 2.38. The number of hydrogen-bond donors (Lipinski definition) is 19. The molecule has 34 heteroatoms. The monoisotopic (exact) mass is 1360 g/mol. The predicted molar refractivity (Wildman–Crippen MR) is 317 cm³/mol. The van der Waals surface area contributed by atoms with E-state index in [1.54, 1.807) is 27.8 Å². The Labute approximate surface area is 545 Å². The second-order valence-corrected chi connectivity index (χ2v) is 25.2. The van der Waals surface area contributed by atoms with Gasteiger partial charge in [0, 0.05) is 69.7 Å². The largest absolute Gasteiger partial charge is 0.477 e. The number of carbonyl (C=O) groups is 5. The fourth-order valence-electron chi connectivity index (χ4n) is 12.2. The molecule has 34 nitrogen and oxygen atoms in total. The minimum atomic E-state index is -2.62. The minimum Gasteiger partial charge on any atom is -0.477 e. The summed E-state index contributed by atoms with van der Waals surface area (Å²) in [6, 6.07) is -3.14. The Morgan fingerprint density at radius 1 is 0.585 bits per heavy atom. The first-order chi connectivity index (χ1) is 44.5. The van der Waals surface area contributed by atoms with E-state index in [2.05, 4.69) is 16.0 Å². The molecule has 0 aromatic rings. The van der Waals surface area contributed by atoms with Gasteiger partial charge in [-0.05, 0) is 58.4 Å². The molecule has 5 rings (SSSR count). The molecule has 2 amide bonds. The highest BCUT2D eigenvalue weighted by Gasteiger charge is 2.56. The van der Waals surface area contributed by atoms with Gasteiger partial charge in [-0.1, -0.05) is 34.1 Å². The van der Waals surface area contributed by atoms with Gasteiger partial charge in [0.25, 0.3) is 5.79 Å². The quantitative estimate of drug-likeness (QED) is 0.0254.